The molecule has 2 aliphatic rings. The summed E-state index contributed by atoms with van der Waals surface area (Å²) in [5, 5.41) is 4.59. The van der Waals surface area contributed by atoms with Gasteiger partial charge in [0.15, 0.2) is 0 Å². The number of benzene rings is 1. The molecule has 2 N–H and O–H groups in total. The second kappa shape index (κ2) is 12.2. The SMILES string of the molecule is CSc1ccc(C(NC(=O)OC(C)(C)C)C(=O)NC2C(=O)N3C(C(=O)OCC(Cl)(Cl)Cl)=CC(C)S[C@@H]23)cc1. The number of thioether (sulfide) groups is 2. The predicted molar refractivity (Wildman–Crippen MR) is 149 cm³/mol. The van der Waals surface area contributed by atoms with Crippen molar-refractivity contribution in [2.24, 2.45) is 0 Å². The van der Waals surface area contributed by atoms with Gasteiger partial charge in [0.1, 0.15) is 35.4 Å². The lowest BCUT2D eigenvalue weighted by atomic mass is 10.0. The first-order valence-corrected chi connectivity index (χ1v) is 14.8. The Balaban J connectivity index is 1.77. The van der Waals surface area contributed by atoms with Crippen LogP contribution in [0.25, 0.3) is 0 Å². The van der Waals surface area contributed by atoms with Crippen LogP contribution in [-0.4, -0.2) is 67.7 Å². The number of esters is 1. The lowest BCUT2D eigenvalue weighted by Crippen LogP contribution is -2.71. The minimum Gasteiger partial charge on any atom is -0.456 e. The smallest absolute Gasteiger partial charge is 0.408 e. The van der Waals surface area contributed by atoms with Crippen LogP contribution in [0.1, 0.15) is 39.3 Å². The van der Waals surface area contributed by atoms with E-state index >= 15 is 0 Å². The summed E-state index contributed by atoms with van der Waals surface area (Å²) in [5.74, 6) is -1.92. The largest absolute Gasteiger partial charge is 0.456 e. The number of alkyl carbamates (subject to hydrolysis) is 1. The zero-order valence-electron chi connectivity index (χ0n) is 21.3. The first-order chi connectivity index (χ1) is 17.6. The summed E-state index contributed by atoms with van der Waals surface area (Å²) >= 11 is 19.9. The van der Waals surface area contributed by atoms with E-state index in [0.717, 1.165) is 4.90 Å². The lowest BCUT2D eigenvalue weighted by Gasteiger charge is -2.50. The molecule has 38 heavy (non-hydrogen) atoms. The molecule has 0 bridgehead atoms. The van der Waals surface area contributed by atoms with Crippen molar-refractivity contribution in [3.63, 3.8) is 0 Å². The third-order valence-corrected chi connectivity index (χ3v) is 7.69. The Hall–Kier alpha value is -1.79. The van der Waals surface area contributed by atoms with Gasteiger partial charge in [-0.1, -0.05) is 46.9 Å². The average Bonchev–Trinajstić information content (AvgIpc) is 2.82. The standard InChI is InChI=1S/C24H28Cl3N3O6S2/c1-12-10-15(21(33)35-11-24(25,26)27)30-19(32)17(20(30)38-12)28-18(31)16(29-22(34)36-23(2,3)4)13-6-8-14(37-5)9-7-13/h6-10,12,16-17,20H,11H2,1-5H3,(H,28,31)(H,29,34)/t12?,16?,17?,20-/m0/s1. The van der Waals surface area contributed by atoms with E-state index in [-0.39, 0.29) is 10.9 Å². The molecular weight excluding hydrogens is 597 g/mol. The summed E-state index contributed by atoms with van der Waals surface area (Å²) in [5.41, 5.74) is -0.252. The molecular formula is C24H28Cl3N3O6S2. The van der Waals surface area contributed by atoms with Crippen molar-refractivity contribution < 1.29 is 28.7 Å². The van der Waals surface area contributed by atoms with Gasteiger partial charge in [0, 0.05) is 10.1 Å². The summed E-state index contributed by atoms with van der Waals surface area (Å²) < 4.78 is 8.59. The molecule has 208 valence electrons. The molecule has 1 fully saturated rings. The molecule has 3 amide bonds. The summed E-state index contributed by atoms with van der Waals surface area (Å²) in [6.45, 7) is 6.48. The number of nitrogens with one attached hydrogen (secondary N) is 2. The van der Waals surface area contributed by atoms with Crippen LogP contribution in [0.4, 0.5) is 4.79 Å². The van der Waals surface area contributed by atoms with Crippen LogP contribution in [0.3, 0.4) is 0 Å². The maximum absolute atomic E-state index is 13.4. The Morgan fingerprint density at radius 2 is 1.79 bits per heavy atom. The van der Waals surface area contributed by atoms with Crippen LogP contribution < -0.4 is 10.6 Å². The molecule has 14 heteroatoms. The number of β-lactam (4-membered cyclic amide) rings is 1. The molecule has 0 radical (unpaired) electrons. The highest BCUT2D eigenvalue weighted by atomic mass is 35.6. The zero-order chi connectivity index (χ0) is 28.4. The maximum Gasteiger partial charge on any atom is 0.408 e. The fourth-order valence-corrected chi connectivity index (χ4v) is 5.60. The third-order valence-electron chi connectivity index (χ3n) is 5.30. The minimum absolute atomic E-state index is 0.0158. The molecule has 1 aromatic carbocycles. The van der Waals surface area contributed by atoms with E-state index in [1.165, 1.54) is 28.4 Å². The number of halogens is 3. The normalized spacial score (nSPS) is 21.9. The van der Waals surface area contributed by atoms with Crippen LogP contribution in [0.15, 0.2) is 40.9 Å². The fourth-order valence-electron chi connectivity index (χ4n) is 3.70. The molecule has 4 atom stereocenters. The van der Waals surface area contributed by atoms with Crippen molar-refractivity contribution in [2.45, 2.75) is 64.7 Å². The zero-order valence-corrected chi connectivity index (χ0v) is 25.2. The Labute approximate surface area is 244 Å². The molecule has 1 aromatic rings. The van der Waals surface area contributed by atoms with Crippen molar-refractivity contribution >= 4 is 82.2 Å². The number of ether oxygens (including phenoxy) is 2. The van der Waals surface area contributed by atoms with Crippen LogP contribution in [-0.2, 0) is 23.9 Å². The van der Waals surface area contributed by atoms with Crippen LogP contribution in [0.5, 0.6) is 0 Å². The van der Waals surface area contributed by atoms with Crippen LogP contribution >= 0.6 is 58.3 Å². The number of rotatable bonds is 7. The second-order valence-corrected chi connectivity index (χ2v) is 14.4. The Bertz CT molecular complexity index is 1120. The van der Waals surface area contributed by atoms with Gasteiger partial charge in [0.25, 0.3) is 5.91 Å². The highest BCUT2D eigenvalue weighted by Crippen LogP contribution is 2.41. The van der Waals surface area contributed by atoms with Gasteiger partial charge >= 0.3 is 12.1 Å². The third kappa shape index (κ3) is 7.88. The molecule has 1 saturated heterocycles. The Morgan fingerprint density at radius 1 is 1.16 bits per heavy atom. The number of nitrogens with zero attached hydrogens (tertiary/aromatic N) is 1. The number of hydrogen-bond donors (Lipinski definition) is 2. The molecule has 2 heterocycles. The van der Waals surface area contributed by atoms with Gasteiger partial charge < -0.3 is 20.1 Å². The molecule has 9 nitrogen and oxygen atoms in total. The lowest BCUT2D eigenvalue weighted by molar-refractivity contribution is -0.153. The molecule has 0 aliphatic carbocycles. The van der Waals surface area contributed by atoms with E-state index in [4.69, 9.17) is 44.3 Å². The summed E-state index contributed by atoms with van der Waals surface area (Å²) in [4.78, 5) is 53.9. The monoisotopic (exact) mass is 623 g/mol. The molecule has 2 aliphatic heterocycles. The molecule has 0 aromatic heterocycles. The first kappa shape index (κ1) is 30.7. The van der Waals surface area contributed by atoms with E-state index in [1.807, 2.05) is 25.3 Å². The van der Waals surface area contributed by atoms with Crippen LogP contribution in [0, 0.1) is 0 Å². The summed E-state index contributed by atoms with van der Waals surface area (Å²) in [7, 11) is 0. The van der Waals surface area contributed by atoms with Gasteiger partial charge in [-0.25, -0.2) is 9.59 Å². The highest BCUT2D eigenvalue weighted by Gasteiger charge is 2.54. The van der Waals surface area contributed by atoms with Crippen molar-refractivity contribution in [3.8, 4) is 0 Å². The fraction of sp³-hybridized carbons (Fsp3) is 0.500. The summed E-state index contributed by atoms with van der Waals surface area (Å²) in [6.07, 6.45) is 2.72. The summed E-state index contributed by atoms with van der Waals surface area (Å²) in [6, 6.07) is 5.03. The Morgan fingerprint density at radius 3 is 2.34 bits per heavy atom. The van der Waals surface area contributed by atoms with Crippen molar-refractivity contribution in [2.75, 3.05) is 12.9 Å². The molecule has 0 spiro atoms. The number of hydrogen-bond acceptors (Lipinski definition) is 8. The van der Waals surface area contributed by atoms with Crippen molar-refractivity contribution in [3.05, 3.63) is 41.6 Å². The van der Waals surface area contributed by atoms with Gasteiger partial charge in [0.2, 0.25) is 9.70 Å². The molecule has 3 unspecified atom stereocenters. The number of carbonyl (C=O) groups excluding carboxylic acids is 4. The average molecular weight is 625 g/mol. The van der Waals surface area contributed by atoms with E-state index in [0.29, 0.717) is 5.56 Å². The number of fused-ring (bicyclic) bond motifs is 1. The molecule has 0 saturated carbocycles. The first-order valence-electron chi connectivity index (χ1n) is 11.5. The van der Waals surface area contributed by atoms with Crippen LogP contribution in [0.2, 0.25) is 0 Å². The predicted octanol–water partition coefficient (Wildman–Crippen LogP) is 4.56. The van der Waals surface area contributed by atoms with Crippen molar-refractivity contribution in [1.29, 1.82) is 0 Å². The Kier molecular flexibility index (Phi) is 9.84. The number of alkyl halides is 3. The van der Waals surface area contributed by atoms with Gasteiger partial charge in [-0.15, -0.1) is 23.5 Å². The van der Waals surface area contributed by atoms with Gasteiger partial charge in [-0.05, 0) is 57.7 Å². The van der Waals surface area contributed by atoms with E-state index in [1.54, 1.807) is 39.0 Å². The topological polar surface area (TPSA) is 114 Å². The van der Waals surface area contributed by atoms with Gasteiger partial charge in [0.05, 0.1) is 0 Å². The van der Waals surface area contributed by atoms with E-state index in [2.05, 4.69) is 10.6 Å². The second-order valence-electron chi connectivity index (χ2n) is 9.52. The number of carbonyl (C=O) groups is 4. The van der Waals surface area contributed by atoms with Crippen molar-refractivity contribution in [1.82, 2.24) is 15.5 Å². The number of amides is 3. The minimum atomic E-state index is -1.80. The van der Waals surface area contributed by atoms with E-state index in [9.17, 15) is 19.2 Å². The highest BCUT2D eigenvalue weighted by molar-refractivity contribution is 8.00. The van der Waals surface area contributed by atoms with Gasteiger partial charge in [-0.2, -0.15) is 0 Å². The quantitative estimate of drug-likeness (QED) is 0.197. The van der Waals surface area contributed by atoms with Gasteiger partial charge in [-0.3, -0.25) is 14.5 Å². The maximum atomic E-state index is 13.4. The molecule has 3 rings (SSSR count). The van der Waals surface area contributed by atoms with E-state index < -0.39 is 57.3 Å².